The smallest absolute Gasteiger partial charge is 0.261 e. The Bertz CT molecular complexity index is 347. The summed E-state index contributed by atoms with van der Waals surface area (Å²) in [5.41, 5.74) is 0.646. The first kappa shape index (κ1) is 14.5. The first-order valence-corrected chi connectivity index (χ1v) is 6.10. The van der Waals surface area contributed by atoms with Crippen molar-refractivity contribution in [2.75, 3.05) is 13.2 Å². The van der Waals surface area contributed by atoms with E-state index in [1.807, 2.05) is 6.92 Å². The van der Waals surface area contributed by atoms with Crippen LogP contribution in [0.2, 0.25) is 0 Å². The number of halogens is 3. The molecule has 1 aromatic rings. The van der Waals surface area contributed by atoms with Gasteiger partial charge in [-0.3, -0.25) is 4.68 Å². The van der Waals surface area contributed by atoms with Crippen molar-refractivity contribution < 1.29 is 18.6 Å². The lowest BCUT2D eigenvalue weighted by molar-refractivity contribution is 0.00388. The van der Waals surface area contributed by atoms with Gasteiger partial charge < -0.3 is 9.84 Å². The fourth-order valence-electron chi connectivity index (χ4n) is 1.46. The molecule has 1 rings (SSSR count). The van der Waals surface area contributed by atoms with E-state index in [-0.39, 0.29) is 13.0 Å². The minimum Gasteiger partial charge on any atom is -0.387 e. The summed E-state index contributed by atoms with van der Waals surface area (Å²) in [7, 11) is 0. The Labute approximate surface area is 107 Å². The predicted molar refractivity (Wildman–Crippen MR) is 62.0 cm³/mol. The summed E-state index contributed by atoms with van der Waals surface area (Å²) in [5, 5.41) is 14.0. The van der Waals surface area contributed by atoms with E-state index in [2.05, 4.69) is 21.0 Å². The fourth-order valence-corrected chi connectivity index (χ4v) is 2.02. The molecule has 1 unspecified atom stereocenters. The first-order valence-electron chi connectivity index (χ1n) is 5.31. The van der Waals surface area contributed by atoms with Gasteiger partial charge in [0.2, 0.25) is 0 Å². The molecule has 98 valence electrons. The van der Waals surface area contributed by atoms with Gasteiger partial charge in [-0.25, -0.2) is 8.78 Å². The number of aliphatic hydroxyl groups excluding tert-OH is 1. The van der Waals surface area contributed by atoms with Crippen molar-refractivity contribution in [1.82, 2.24) is 9.78 Å². The topological polar surface area (TPSA) is 47.3 Å². The van der Waals surface area contributed by atoms with Gasteiger partial charge in [-0.05, 0) is 22.9 Å². The van der Waals surface area contributed by atoms with Crippen LogP contribution in [0.1, 0.15) is 25.1 Å². The van der Waals surface area contributed by atoms with Crippen molar-refractivity contribution in [3.05, 3.63) is 16.4 Å². The Morgan fingerprint density at radius 2 is 2.29 bits per heavy atom. The number of ether oxygens (including phenoxy) is 1. The standard InChI is InChI=1S/C10H15BrF2N2O2/c1-2-15-10(7(11)5-14-15)8(16)3-4-17-6-9(12)13/h5,8-9,16H,2-4,6H2,1H3. The minimum absolute atomic E-state index is 0.0901. The molecule has 0 amide bonds. The third-order valence-corrected chi connectivity index (χ3v) is 2.84. The zero-order valence-corrected chi connectivity index (χ0v) is 11.0. The Kier molecular flexibility index (Phi) is 6.01. The van der Waals surface area contributed by atoms with Gasteiger partial charge in [0.05, 0.1) is 22.5 Å². The highest BCUT2D eigenvalue weighted by atomic mass is 79.9. The van der Waals surface area contributed by atoms with Gasteiger partial charge in [-0.2, -0.15) is 5.10 Å². The number of rotatable bonds is 7. The third kappa shape index (κ3) is 4.33. The lowest BCUT2D eigenvalue weighted by Crippen LogP contribution is -2.12. The van der Waals surface area contributed by atoms with Gasteiger partial charge in [0.25, 0.3) is 6.43 Å². The van der Waals surface area contributed by atoms with Crippen LogP contribution in [0.5, 0.6) is 0 Å². The van der Waals surface area contributed by atoms with E-state index in [9.17, 15) is 13.9 Å². The largest absolute Gasteiger partial charge is 0.387 e. The van der Waals surface area contributed by atoms with Gasteiger partial charge >= 0.3 is 0 Å². The number of hydrogen-bond acceptors (Lipinski definition) is 3. The van der Waals surface area contributed by atoms with Gasteiger partial charge in [0.15, 0.2) is 0 Å². The lowest BCUT2D eigenvalue weighted by atomic mass is 10.2. The van der Waals surface area contributed by atoms with Crippen LogP contribution in [0.3, 0.4) is 0 Å². The summed E-state index contributed by atoms with van der Waals surface area (Å²) in [6, 6.07) is 0. The van der Waals surface area contributed by atoms with Crippen LogP contribution in [0.15, 0.2) is 10.7 Å². The molecule has 0 aliphatic carbocycles. The molecule has 0 aromatic carbocycles. The number of nitrogens with zero attached hydrogens (tertiary/aromatic N) is 2. The highest BCUT2D eigenvalue weighted by molar-refractivity contribution is 9.10. The SMILES string of the molecule is CCn1ncc(Br)c1C(O)CCOCC(F)F. The zero-order chi connectivity index (χ0) is 12.8. The van der Waals surface area contributed by atoms with Crippen molar-refractivity contribution in [3.8, 4) is 0 Å². The van der Waals surface area contributed by atoms with Crippen LogP contribution in [0.4, 0.5) is 8.78 Å². The van der Waals surface area contributed by atoms with E-state index in [4.69, 9.17) is 4.74 Å². The number of alkyl halides is 2. The summed E-state index contributed by atoms with van der Waals surface area (Å²) < 4.78 is 30.7. The second-order valence-corrected chi connectivity index (χ2v) is 4.32. The molecule has 0 aliphatic heterocycles. The maximum Gasteiger partial charge on any atom is 0.261 e. The second kappa shape index (κ2) is 7.03. The van der Waals surface area contributed by atoms with Gasteiger partial charge in [0, 0.05) is 19.6 Å². The molecular weight excluding hydrogens is 298 g/mol. The van der Waals surface area contributed by atoms with Crippen molar-refractivity contribution in [1.29, 1.82) is 0 Å². The molecule has 17 heavy (non-hydrogen) atoms. The third-order valence-electron chi connectivity index (χ3n) is 2.23. The second-order valence-electron chi connectivity index (χ2n) is 3.46. The van der Waals surface area contributed by atoms with Crippen LogP contribution in [0, 0.1) is 0 Å². The molecule has 1 atom stereocenters. The maximum absolute atomic E-state index is 11.8. The number of aromatic nitrogens is 2. The lowest BCUT2D eigenvalue weighted by Gasteiger charge is -2.13. The zero-order valence-electron chi connectivity index (χ0n) is 9.44. The molecule has 1 N–H and O–H groups in total. The molecule has 0 fully saturated rings. The summed E-state index contributed by atoms with van der Waals surface area (Å²) >= 11 is 3.29. The molecule has 0 bridgehead atoms. The van der Waals surface area contributed by atoms with Crippen LogP contribution in [-0.2, 0) is 11.3 Å². The normalized spacial score (nSPS) is 13.3. The number of aryl methyl sites for hydroxylation is 1. The van der Waals surface area contributed by atoms with Gasteiger partial charge in [-0.1, -0.05) is 0 Å². The average Bonchev–Trinajstić information content (AvgIpc) is 2.65. The number of hydrogen-bond donors (Lipinski definition) is 1. The maximum atomic E-state index is 11.8. The summed E-state index contributed by atoms with van der Waals surface area (Å²) in [4.78, 5) is 0. The average molecular weight is 313 g/mol. The summed E-state index contributed by atoms with van der Waals surface area (Å²) in [6.45, 7) is 2.03. The van der Waals surface area contributed by atoms with E-state index in [0.29, 0.717) is 16.7 Å². The van der Waals surface area contributed by atoms with Gasteiger partial charge in [-0.15, -0.1) is 0 Å². The molecule has 0 saturated carbocycles. The highest BCUT2D eigenvalue weighted by Crippen LogP contribution is 2.25. The fraction of sp³-hybridized carbons (Fsp3) is 0.700. The molecular formula is C10H15BrF2N2O2. The van der Waals surface area contributed by atoms with Crippen molar-refractivity contribution in [2.24, 2.45) is 0 Å². The Morgan fingerprint density at radius 1 is 1.59 bits per heavy atom. The molecule has 0 aliphatic rings. The van der Waals surface area contributed by atoms with Crippen molar-refractivity contribution in [3.63, 3.8) is 0 Å². The van der Waals surface area contributed by atoms with E-state index in [1.165, 1.54) is 0 Å². The van der Waals surface area contributed by atoms with E-state index in [0.717, 1.165) is 0 Å². The molecule has 1 heterocycles. The van der Waals surface area contributed by atoms with Crippen LogP contribution in [-0.4, -0.2) is 34.5 Å². The predicted octanol–water partition coefficient (Wildman–Crippen LogP) is 2.37. The molecule has 4 nitrogen and oxygen atoms in total. The van der Waals surface area contributed by atoms with E-state index in [1.54, 1.807) is 10.9 Å². The summed E-state index contributed by atoms with van der Waals surface area (Å²) in [5.74, 6) is 0. The van der Waals surface area contributed by atoms with Gasteiger partial charge in [0.1, 0.15) is 6.61 Å². The Balaban J connectivity index is 2.46. The monoisotopic (exact) mass is 312 g/mol. The molecule has 1 aromatic heterocycles. The van der Waals surface area contributed by atoms with Crippen LogP contribution < -0.4 is 0 Å². The summed E-state index contributed by atoms with van der Waals surface area (Å²) in [6.07, 6.45) is -1.39. The Hall–Kier alpha value is -0.530. The van der Waals surface area contributed by atoms with Crippen molar-refractivity contribution in [2.45, 2.75) is 32.4 Å². The van der Waals surface area contributed by atoms with E-state index >= 15 is 0 Å². The molecule has 7 heteroatoms. The minimum atomic E-state index is -2.47. The number of aliphatic hydroxyl groups is 1. The van der Waals surface area contributed by atoms with Crippen molar-refractivity contribution >= 4 is 15.9 Å². The Morgan fingerprint density at radius 3 is 2.88 bits per heavy atom. The molecule has 0 spiro atoms. The van der Waals surface area contributed by atoms with E-state index < -0.39 is 19.1 Å². The first-order chi connectivity index (χ1) is 8.06. The highest BCUT2D eigenvalue weighted by Gasteiger charge is 2.17. The quantitative estimate of drug-likeness (QED) is 0.786. The molecule has 0 radical (unpaired) electrons. The molecule has 0 saturated heterocycles. The van der Waals surface area contributed by atoms with Crippen LogP contribution in [0.25, 0.3) is 0 Å². The van der Waals surface area contributed by atoms with Crippen LogP contribution >= 0.6 is 15.9 Å².